The van der Waals surface area contributed by atoms with Gasteiger partial charge in [0.1, 0.15) is 11.4 Å². The van der Waals surface area contributed by atoms with E-state index in [1.165, 1.54) is 4.57 Å². The maximum absolute atomic E-state index is 13.2. The van der Waals surface area contributed by atoms with Crippen molar-refractivity contribution in [3.63, 3.8) is 0 Å². The molecule has 2 aromatic rings. The maximum Gasteiger partial charge on any atom is 0.449 e. The second-order valence-electron chi connectivity index (χ2n) is 6.57. The number of anilines is 1. The second kappa shape index (κ2) is 5.53. The lowest BCUT2D eigenvalue weighted by Gasteiger charge is -2.18. The Morgan fingerprint density at radius 3 is 2.79 bits per heavy atom. The molecule has 2 aromatic heterocycles. The summed E-state index contributed by atoms with van der Waals surface area (Å²) in [4.78, 5) is 3.91. The third kappa shape index (κ3) is 2.67. The Bertz CT molecular complexity index is 758. The van der Waals surface area contributed by atoms with Gasteiger partial charge in [0, 0.05) is 18.2 Å². The highest BCUT2D eigenvalue weighted by Gasteiger charge is 2.39. The molecular weight excluding hydrogens is 321 g/mol. The number of nitrogens with zero attached hydrogens (tertiary/aromatic N) is 3. The predicted octanol–water partition coefficient (Wildman–Crippen LogP) is 4.02. The fourth-order valence-electron chi connectivity index (χ4n) is 3.38. The van der Waals surface area contributed by atoms with Gasteiger partial charge in [-0.15, -0.1) is 0 Å². The first-order valence-electron chi connectivity index (χ1n) is 8.30. The molecule has 0 bridgehead atoms. The zero-order valence-corrected chi connectivity index (χ0v) is 13.4. The normalized spacial score (nSPS) is 17.8. The molecule has 1 aliphatic carbocycles. The van der Waals surface area contributed by atoms with Crippen LogP contribution < -0.4 is 5.32 Å². The highest BCUT2D eigenvalue weighted by molar-refractivity contribution is 5.53. The zero-order valence-electron chi connectivity index (χ0n) is 13.4. The number of rotatable bonds is 4. The van der Waals surface area contributed by atoms with Crippen molar-refractivity contribution >= 4 is 5.69 Å². The zero-order chi connectivity index (χ0) is 16.9. The van der Waals surface area contributed by atoms with Crippen molar-refractivity contribution < 1.29 is 17.7 Å². The van der Waals surface area contributed by atoms with Crippen LogP contribution in [-0.2, 0) is 25.7 Å². The Morgan fingerprint density at radius 2 is 2.08 bits per heavy atom. The molecule has 4 rings (SSSR count). The number of hydrogen-bond acceptors (Lipinski definition) is 4. The average molecular weight is 340 g/mol. The van der Waals surface area contributed by atoms with E-state index in [9.17, 15) is 13.2 Å². The van der Waals surface area contributed by atoms with Gasteiger partial charge in [-0.3, -0.25) is 0 Å². The van der Waals surface area contributed by atoms with Gasteiger partial charge in [-0.1, -0.05) is 5.16 Å². The molecule has 0 amide bonds. The fourth-order valence-corrected chi connectivity index (χ4v) is 3.38. The number of hydrogen-bond donors (Lipinski definition) is 1. The molecule has 1 saturated carbocycles. The van der Waals surface area contributed by atoms with Crippen molar-refractivity contribution in [2.45, 2.75) is 64.2 Å². The van der Waals surface area contributed by atoms with Crippen molar-refractivity contribution in [1.82, 2.24) is 14.7 Å². The van der Waals surface area contributed by atoms with Crippen LogP contribution in [0, 0.1) is 6.92 Å². The van der Waals surface area contributed by atoms with Gasteiger partial charge in [0.15, 0.2) is 5.76 Å². The molecule has 8 heteroatoms. The van der Waals surface area contributed by atoms with Crippen molar-refractivity contribution in [3.05, 3.63) is 28.7 Å². The Labute approximate surface area is 137 Å². The lowest BCUT2D eigenvalue weighted by molar-refractivity contribution is -0.147. The Morgan fingerprint density at radius 1 is 1.29 bits per heavy atom. The Hall–Kier alpha value is -1.99. The minimum atomic E-state index is -4.42. The molecule has 0 radical (unpaired) electrons. The van der Waals surface area contributed by atoms with Crippen LogP contribution in [0.5, 0.6) is 0 Å². The van der Waals surface area contributed by atoms with Crippen LogP contribution in [0.25, 0.3) is 0 Å². The van der Waals surface area contributed by atoms with Crippen molar-refractivity contribution in [1.29, 1.82) is 0 Å². The molecule has 24 heavy (non-hydrogen) atoms. The Kier molecular flexibility index (Phi) is 3.58. The summed E-state index contributed by atoms with van der Waals surface area (Å²) < 4.78 is 46.3. The summed E-state index contributed by atoms with van der Waals surface area (Å²) in [7, 11) is 0. The molecule has 3 heterocycles. The number of aryl methyl sites for hydroxylation is 1. The van der Waals surface area contributed by atoms with Crippen molar-refractivity contribution in [2.75, 3.05) is 5.32 Å². The number of fused-ring (bicyclic) bond motifs is 1. The minimum absolute atomic E-state index is 0.257. The molecule has 0 atom stereocenters. The molecule has 0 aromatic carbocycles. The molecule has 130 valence electrons. The molecule has 0 spiro atoms. The van der Waals surface area contributed by atoms with E-state index in [1.807, 2.05) is 6.92 Å². The first kappa shape index (κ1) is 15.5. The van der Waals surface area contributed by atoms with Crippen molar-refractivity contribution in [2.24, 2.45) is 0 Å². The van der Waals surface area contributed by atoms with Gasteiger partial charge >= 0.3 is 6.18 Å². The van der Waals surface area contributed by atoms with Crippen LogP contribution in [0.4, 0.5) is 18.9 Å². The van der Waals surface area contributed by atoms with Gasteiger partial charge in [-0.2, -0.15) is 13.2 Å². The molecule has 0 saturated heterocycles. The van der Waals surface area contributed by atoms with E-state index in [-0.39, 0.29) is 6.54 Å². The predicted molar refractivity (Wildman–Crippen MR) is 80.7 cm³/mol. The van der Waals surface area contributed by atoms with Crippen LogP contribution in [0.1, 0.15) is 60.3 Å². The van der Waals surface area contributed by atoms with E-state index in [1.54, 1.807) is 0 Å². The highest BCUT2D eigenvalue weighted by atomic mass is 19.4. The van der Waals surface area contributed by atoms with Crippen LogP contribution in [0.15, 0.2) is 4.52 Å². The smallest absolute Gasteiger partial charge is 0.375 e. The summed E-state index contributed by atoms with van der Waals surface area (Å²) in [6, 6.07) is 0. The van der Waals surface area contributed by atoms with E-state index in [4.69, 9.17) is 4.52 Å². The summed E-state index contributed by atoms with van der Waals surface area (Å²) in [6.45, 7) is 2.48. The lowest BCUT2D eigenvalue weighted by Crippen LogP contribution is -2.19. The summed E-state index contributed by atoms with van der Waals surface area (Å²) in [6.07, 6.45) is 0.0170. The van der Waals surface area contributed by atoms with Gasteiger partial charge in [0.25, 0.3) is 0 Å². The van der Waals surface area contributed by atoms with E-state index in [0.717, 1.165) is 42.8 Å². The Balaban J connectivity index is 1.61. The van der Waals surface area contributed by atoms with Gasteiger partial charge in [-0.25, -0.2) is 4.98 Å². The first-order chi connectivity index (χ1) is 11.4. The second-order valence-corrected chi connectivity index (χ2v) is 6.57. The van der Waals surface area contributed by atoms with E-state index >= 15 is 0 Å². The molecule has 1 N–H and O–H groups in total. The van der Waals surface area contributed by atoms with E-state index in [0.29, 0.717) is 30.3 Å². The number of nitrogens with one attached hydrogen (secondary N) is 1. The maximum atomic E-state index is 13.2. The SMILES string of the molecule is Cc1noc(C2CC2)c1NCc1nc(C(F)(F)F)n2c1CCCC2. The third-order valence-electron chi connectivity index (χ3n) is 4.72. The third-order valence-corrected chi connectivity index (χ3v) is 4.72. The summed E-state index contributed by atoms with van der Waals surface area (Å²) in [5.74, 6) is 0.422. The highest BCUT2D eigenvalue weighted by Crippen LogP contribution is 2.44. The van der Waals surface area contributed by atoms with Crippen LogP contribution in [0.2, 0.25) is 0 Å². The van der Waals surface area contributed by atoms with Gasteiger partial charge in [0.2, 0.25) is 5.82 Å². The molecule has 5 nitrogen and oxygen atoms in total. The molecule has 1 aliphatic heterocycles. The summed E-state index contributed by atoms with van der Waals surface area (Å²) >= 11 is 0. The van der Waals surface area contributed by atoms with Crippen molar-refractivity contribution in [3.8, 4) is 0 Å². The first-order valence-corrected chi connectivity index (χ1v) is 8.30. The number of alkyl halides is 3. The largest absolute Gasteiger partial charge is 0.449 e. The monoisotopic (exact) mass is 340 g/mol. The van der Waals surface area contributed by atoms with E-state index < -0.39 is 12.0 Å². The van der Waals surface area contributed by atoms with Crippen LogP contribution in [-0.4, -0.2) is 14.7 Å². The molecule has 1 fully saturated rings. The minimum Gasteiger partial charge on any atom is -0.375 e. The molecule has 0 unspecified atom stereocenters. The van der Waals surface area contributed by atoms with Gasteiger partial charge < -0.3 is 14.4 Å². The summed E-state index contributed by atoms with van der Waals surface area (Å²) in [5.41, 5.74) is 2.72. The van der Waals surface area contributed by atoms with Crippen LogP contribution >= 0.6 is 0 Å². The number of imidazole rings is 1. The fraction of sp³-hybridized carbons (Fsp3) is 0.625. The van der Waals surface area contributed by atoms with Gasteiger partial charge in [0.05, 0.1) is 12.2 Å². The number of aromatic nitrogens is 3. The topological polar surface area (TPSA) is 55.9 Å². The van der Waals surface area contributed by atoms with Gasteiger partial charge in [-0.05, 0) is 39.0 Å². The van der Waals surface area contributed by atoms with Crippen LogP contribution in [0.3, 0.4) is 0 Å². The van der Waals surface area contributed by atoms with E-state index in [2.05, 4.69) is 15.5 Å². The quantitative estimate of drug-likeness (QED) is 0.913. The summed E-state index contributed by atoms with van der Waals surface area (Å²) in [5, 5.41) is 7.19. The molecular formula is C16H19F3N4O. The molecule has 2 aliphatic rings. The average Bonchev–Trinajstić information content (AvgIpc) is 3.21. The standard InChI is InChI=1S/C16H19F3N4O/c1-9-13(14(24-22-9)10-5-6-10)20-8-11-12-4-2-3-7-23(12)15(21-11)16(17,18)19/h10,20H,2-8H2,1H3. The lowest BCUT2D eigenvalue weighted by atomic mass is 10.1. The number of halogens is 3.